The number of ether oxygens (including phenoxy) is 1. The van der Waals surface area contributed by atoms with Crippen molar-refractivity contribution in [2.45, 2.75) is 24.4 Å². The van der Waals surface area contributed by atoms with Gasteiger partial charge in [-0.3, -0.25) is 4.98 Å². The van der Waals surface area contributed by atoms with Gasteiger partial charge in [0.25, 0.3) is 0 Å². The summed E-state index contributed by atoms with van der Waals surface area (Å²) in [6.45, 7) is 2.92. The maximum absolute atomic E-state index is 5.27. The fourth-order valence-electron chi connectivity index (χ4n) is 2.34. The molecule has 0 unspecified atom stereocenters. The third-order valence-corrected chi connectivity index (χ3v) is 5.21. The SMILES string of the molecule is CCn1c(SCc2ccc(OC)c(Br)c2)nnc1-c1ccncc1. The zero-order chi connectivity index (χ0) is 16.9. The summed E-state index contributed by atoms with van der Waals surface area (Å²) in [4.78, 5) is 4.05. The first-order chi connectivity index (χ1) is 11.7. The third-order valence-electron chi connectivity index (χ3n) is 3.56. The number of thioether (sulfide) groups is 1. The van der Waals surface area contributed by atoms with Crippen molar-refractivity contribution in [1.82, 2.24) is 19.7 Å². The molecule has 3 aromatic rings. The minimum atomic E-state index is 0.817. The average Bonchev–Trinajstić information content (AvgIpc) is 3.03. The number of hydrogen-bond donors (Lipinski definition) is 0. The predicted molar refractivity (Wildman–Crippen MR) is 99.2 cm³/mol. The molecule has 0 radical (unpaired) electrons. The van der Waals surface area contributed by atoms with Gasteiger partial charge >= 0.3 is 0 Å². The van der Waals surface area contributed by atoms with Gasteiger partial charge < -0.3 is 9.30 Å². The molecule has 0 bridgehead atoms. The number of aromatic nitrogens is 4. The van der Waals surface area contributed by atoms with Crippen molar-refractivity contribution in [3.05, 3.63) is 52.8 Å². The Morgan fingerprint density at radius 1 is 1.17 bits per heavy atom. The Hall–Kier alpha value is -1.86. The summed E-state index contributed by atoms with van der Waals surface area (Å²) in [6, 6.07) is 10.00. The highest BCUT2D eigenvalue weighted by Gasteiger charge is 2.13. The first-order valence-corrected chi connectivity index (χ1v) is 9.29. The maximum Gasteiger partial charge on any atom is 0.191 e. The summed E-state index contributed by atoms with van der Waals surface area (Å²) in [5.74, 6) is 2.52. The predicted octanol–water partition coefficient (Wildman–Crippen LogP) is 4.42. The second-order valence-corrected chi connectivity index (χ2v) is 6.84. The van der Waals surface area contributed by atoms with E-state index >= 15 is 0 Å². The Morgan fingerprint density at radius 3 is 2.62 bits per heavy atom. The van der Waals surface area contributed by atoms with Crippen LogP contribution in [0.3, 0.4) is 0 Å². The molecule has 1 aromatic carbocycles. The van der Waals surface area contributed by atoms with Crippen LogP contribution in [0, 0.1) is 0 Å². The summed E-state index contributed by atoms with van der Waals surface area (Å²) in [7, 11) is 1.67. The van der Waals surface area contributed by atoms with E-state index in [1.54, 1.807) is 31.3 Å². The molecule has 0 amide bonds. The van der Waals surface area contributed by atoms with Crippen molar-refractivity contribution in [2.75, 3.05) is 7.11 Å². The van der Waals surface area contributed by atoms with Crippen molar-refractivity contribution in [2.24, 2.45) is 0 Å². The quantitative estimate of drug-likeness (QED) is 0.568. The van der Waals surface area contributed by atoms with Gasteiger partial charge in [0.05, 0.1) is 11.6 Å². The first kappa shape index (κ1) is 17.0. The Bertz CT molecular complexity index is 823. The van der Waals surface area contributed by atoms with Crippen LogP contribution < -0.4 is 4.74 Å². The van der Waals surface area contributed by atoms with E-state index in [2.05, 4.69) is 54.7 Å². The highest BCUT2D eigenvalue weighted by atomic mass is 79.9. The zero-order valence-corrected chi connectivity index (χ0v) is 15.8. The number of nitrogens with zero attached hydrogens (tertiary/aromatic N) is 4. The average molecular weight is 405 g/mol. The molecule has 0 aliphatic carbocycles. The van der Waals surface area contributed by atoms with E-state index in [1.165, 1.54) is 5.56 Å². The van der Waals surface area contributed by atoms with Gasteiger partial charge in [-0.05, 0) is 52.7 Å². The lowest BCUT2D eigenvalue weighted by atomic mass is 10.2. The molecule has 24 heavy (non-hydrogen) atoms. The van der Waals surface area contributed by atoms with E-state index in [4.69, 9.17) is 4.74 Å². The Balaban J connectivity index is 1.79. The standard InChI is InChI=1S/C17H17BrN4OS/c1-3-22-16(13-6-8-19-9-7-13)20-21-17(22)24-11-12-4-5-15(23-2)14(18)10-12/h4-10H,3,11H2,1-2H3. The molecule has 7 heteroatoms. The molecule has 3 rings (SSSR count). The summed E-state index contributed by atoms with van der Waals surface area (Å²) >= 11 is 5.20. The third kappa shape index (κ3) is 3.62. The maximum atomic E-state index is 5.27. The normalized spacial score (nSPS) is 10.8. The van der Waals surface area contributed by atoms with Gasteiger partial charge in [-0.2, -0.15) is 0 Å². The molecule has 0 spiro atoms. The molecule has 5 nitrogen and oxygen atoms in total. The summed E-state index contributed by atoms with van der Waals surface area (Å²) < 4.78 is 8.35. The van der Waals surface area contributed by atoms with E-state index < -0.39 is 0 Å². The number of pyridine rings is 1. The van der Waals surface area contributed by atoms with Gasteiger partial charge in [0, 0.05) is 30.3 Å². The largest absolute Gasteiger partial charge is 0.496 e. The lowest BCUT2D eigenvalue weighted by Crippen LogP contribution is -2.00. The van der Waals surface area contributed by atoms with E-state index in [9.17, 15) is 0 Å². The lowest BCUT2D eigenvalue weighted by Gasteiger charge is -2.08. The first-order valence-electron chi connectivity index (χ1n) is 7.51. The van der Waals surface area contributed by atoms with Crippen LogP contribution in [0.5, 0.6) is 5.75 Å². The van der Waals surface area contributed by atoms with Crippen LogP contribution in [0.4, 0.5) is 0 Å². The lowest BCUT2D eigenvalue weighted by molar-refractivity contribution is 0.412. The van der Waals surface area contributed by atoms with E-state index in [0.717, 1.165) is 39.1 Å². The number of halogens is 1. The summed E-state index contributed by atoms with van der Waals surface area (Å²) in [5, 5.41) is 9.62. The fraction of sp³-hybridized carbons (Fsp3) is 0.235. The molecule has 0 fully saturated rings. The molecule has 0 N–H and O–H groups in total. The molecule has 0 saturated heterocycles. The van der Waals surface area contributed by atoms with Crippen LogP contribution in [-0.4, -0.2) is 26.9 Å². The van der Waals surface area contributed by atoms with Crippen LogP contribution >= 0.6 is 27.7 Å². The van der Waals surface area contributed by atoms with Gasteiger partial charge in [-0.1, -0.05) is 17.8 Å². The number of hydrogen-bond acceptors (Lipinski definition) is 5. The minimum Gasteiger partial charge on any atom is -0.496 e. The van der Waals surface area contributed by atoms with Crippen molar-refractivity contribution < 1.29 is 4.74 Å². The molecule has 124 valence electrons. The van der Waals surface area contributed by atoms with Gasteiger partial charge in [0.1, 0.15) is 5.75 Å². The minimum absolute atomic E-state index is 0.817. The molecule has 2 aromatic heterocycles. The smallest absolute Gasteiger partial charge is 0.191 e. The van der Waals surface area contributed by atoms with Crippen LogP contribution in [0.1, 0.15) is 12.5 Å². The van der Waals surface area contributed by atoms with Crippen LogP contribution in [0.15, 0.2) is 52.4 Å². The van der Waals surface area contributed by atoms with Crippen molar-refractivity contribution in [3.63, 3.8) is 0 Å². The van der Waals surface area contributed by atoms with Crippen molar-refractivity contribution >= 4 is 27.7 Å². The molecular formula is C17H17BrN4OS. The molecule has 0 atom stereocenters. The van der Waals surface area contributed by atoms with Gasteiger partial charge in [0.2, 0.25) is 0 Å². The zero-order valence-electron chi connectivity index (χ0n) is 13.4. The van der Waals surface area contributed by atoms with E-state index in [-0.39, 0.29) is 0 Å². The Labute approximate surface area is 153 Å². The number of rotatable bonds is 6. The molecule has 0 saturated carbocycles. The van der Waals surface area contributed by atoms with Crippen LogP contribution in [0.2, 0.25) is 0 Å². The Morgan fingerprint density at radius 2 is 1.96 bits per heavy atom. The fourth-order valence-corrected chi connectivity index (χ4v) is 3.88. The highest BCUT2D eigenvalue weighted by Crippen LogP contribution is 2.30. The summed E-state index contributed by atoms with van der Waals surface area (Å²) in [6.07, 6.45) is 3.54. The number of benzene rings is 1. The Kier molecular flexibility index (Phi) is 5.52. The second kappa shape index (κ2) is 7.81. The second-order valence-electron chi connectivity index (χ2n) is 5.04. The van der Waals surface area contributed by atoms with Crippen LogP contribution in [0.25, 0.3) is 11.4 Å². The molecule has 2 heterocycles. The topological polar surface area (TPSA) is 52.8 Å². The van der Waals surface area contributed by atoms with E-state index in [1.807, 2.05) is 18.2 Å². The van der Waals surface area contributed by atoms with E-state index in [0.29, 0.717) is 0 Å². The molecule has 0 aliphatic heterocycles. The van der Waals surface area contributed by atoms with Gasteiger partial charge in [-0.15, -0.1) is 10.2 Å². The highest BCUT2D eigenvalue weighted by molar-refractivity contribution is 9.10. The molecular weight excluding hydrogens is 388 g/mol. The van der Waals surface area contributed by atoms with Crippen molar-refractivity contribution in [3.8, 4) is 17.1 Å². The van der Waals surface area contributed by atoms with Gasteiger partial charge in [0.15, 0.2) is 11.0 Å². The monoisotopic (exact) mass is 404 g/mol. The van der Waals surface area contributed by atoms with Gasteiger partial charge in [-0.25, -0.2) is 0 Å². The summed E-state index contributed by atoms with van der Waals surface area (Å²) in [5.41, 5.74) is 2.22. The van der Waals surface area contributed by atoms with Crippen LogP contribution in [-0.2, 0) is 12.3 Å². The van der Waals surface area contributed by atoms with Crippen molar-refractivity contribution in [1.29, 1.82) is 0 Å². The molecule has 0 aliphatic rings. The number of methoxy groups -OCH3 is 1.